The van der Waals surface area contributed by atoms with Crippen LogP contribution in [0.5, 0.6) is 0 Å². The summed E-state index contributed by atoms with van der Waals surface area (Å²) in [5.41, 5.74) is 0. The molecular weight excluding hydrogens is 221 g/mol. The normalized spacial score (nSPS) is 15.6. The van der Waals surface area contributed by atoms with Crippen LogP contribution in [0.15, 0.2) is 0 Å². The smallest absolute Gasteiger partial charge is 0.367 e. The van der Waals surface area contributed by atoms with E-state index in [4.69, 9.17) is 0 Å². The lowest BCUT2D eigenvalue weighted by Gasteiger charge is -2.23. The molecule has 0 bridgehead atoms. The highest BCUT2D eigenvalue weighted by atomic mass is 28.4. The van der Waals surface area contributed by atoms with Gasteiger partial charge >= 0.3 is 9.05 Å². The molecule has 0 saturated carbocycles. The first-order valence-corrected chi connectivity index (χ1v) is 5.43. The van der Waals surface area contributed by atoms with Gasteiger partial charge in [0.1, 0.15) is 6.61 Å². The molecule has 0 rings (SSSR count). The molecule has 0 spiro atoms. The average Bonchev–Trinajstić information content (AvgIpc) is 2.14. The molecule has 0 aliphatic rings. The van der Waals surface area contributed by atoms with Gasteiger partial charge in [0.25, 0.3) is 5.92 Å². The number of hydrogen-bond acceptors (Lipinski definition) is 4. The summed E-state index contributed by atoms with van der Waals surface area (Å²) >= 11 is 0. The molecule has 86 valence electrons. The number of rotatable bonds is 6. The SMILES string of the molecule is CO[Si](O)(OC)OCC(F)(F)C(C)F. The molecule has 0 aliphatic heterocycles. The van der Waals surface area contributed by atoms with E-state index in [2.05, 4.69) is 13.3 Å². The zero-order valence-electron chi connectivity index (χ0n) is 8.09. The van der Waals surface area contributed by atoms with Gasteiger partial charge in [0.05, 0.1) is 0 Å². The van der Waals surface area contributed by atoms with Crippen molar-refractivity contribution in [2.45, 2.75) is 19.0 Å². The minimum Gasteiger partial charge on any atom is -0.367 e. The molecule has 14 heavy (non-hydrogen) atoms. The maximum absolute atomic E-state index is 12.6. The molecule has 1 unspecified atom stereocenters. The van der Waals surface area contributed by atoms with Gasteiger partial charge < -0.3 is 18.1 Å². The predicted molar refractivity (Wildman–Crippen MR) is 43.5 cm³/mol. The summed E-state index contributed by atoms with van der Waals surface area (Å²) in [7, 11) is -1.90. The van der Waals surface area contributed by atoms with Crippen molar-refractivity contribution in [3.8, 4) is 0 Å². The molecule has 1 N–H and O–H groups in total. The van der Waals surface area contributed by atoms with Crippen molar-refractivity contribution in [2.24, 2.45) is 0 Å². The molecule has 0 aromatic heterocycles. The third-order valence-electron chi connectivity index (χ3n) is 1.54. The highest BCUT2D eigenvalue weighted by Crippen LogP contribution is 2.22. The molecule has 0 radical (unpaired) electrons. The number of halogens is 3. The lowest BCUT2D eigenvalue weighted by atomic mass is 10.2. The summed E-state index contributed by atoms with van der Waals surface area (Å²) in [6.07, 6.45) is -2.37. The minimum absolute atomic E-state index is 0.698. The van der Waals surface area contributed by atoms with Crippen molar-refractivity contribution in [3.05, 3.63) is 0 Å². The highest BCUT2D eigenvalue weighted by Gasteiger charge is 2.45. The summed E-state index contributed by atoms with van der Waals surface area (Å²) in [6, 6.07) is 0. The molecule has 1 atom stereocenters. The van der Waals surface area contributed by atoms with Gasteiger partial charge in [-0.1, -0.05) is 0 Å². The molecule has 8 heteroatoms. The van der Waals surface area contributed by atoms with Gasteiger partial charge in [0.15, 0.2) is 6.17 Å². The third-order valence-corrected chi connectivity index (χ3v) is 3.09. The van der Waals surface area contributed by atoms with Gasteiger partial charge in [-0.25, -0.2) is 13.2 Å². The van der Waals surface area contributed by atoms with Crippen molar-refractivity contribution in [2.75, 3.05) is 20.8 Å². The second-order valence-electron chi connectivity index (χ2n) is 2.60. The number of alkyl halides is 3. The fourth-order valence-corrected chi connectivity index (χ4v) is 1.28. The molecule has 4 nitrogen and oxygen atoms in total. The van der Waals surface area contributed by atoms with Crippen LogP contribution >= 0.6 is 0 Å². The van der Waals surface area contributed by atoms with Crippen LogP contribution < -0.4 is 0 Å². The van der Waals surface area contributed by atoms with E-state index < -0.39 is 27.7 Å². The second-order valence-corrected chi connectivity index (χ2v) is 4.75. The molecule has 0 aromatic carbocycles. The van der Waals surface area contributed by atoms with E-state index >= 15 is 0 Å². The zero-order chi connectivity index (χ0) is 11.4. The van der Waals surface area contributed by atoms with Crippen molar-refractivity contribution in [1.82, 2.24) is 0 Å². The zero-order valence-corrected chi connectivity index (χ0v) is 9.09. The Kier molecular flexibility index (Phi) is 5.02. The second kappa shape index (κ2) is 5.08. The molecule has 0 amide bonds. The monoisotopic (exact) mass is 234 g/mol. The van der Waals surface area contributed by atoms with Gasteiger partial charge in [-0.3, -0.25) is 0 Å². The van der Waals surface area contributed by atoms with Gasteiger partial charge in [0.2, 0.25) is 0 Å². The molecule has 0 fully saturated rings. The highest BCUT2D eigenvalue weighted by molar-refractivity contribution is 6.51. The van der Waals surface area contributed by atoms with E-state index in [9.17, 15) is 18.0 Å². The van der Waals surface area contributed by atoms with Crippen LogP contribution in [0.2, 0.25) is 0 Å². The largest absolute Gasteiger partial charge is 0.676 e. The van der Waals surface area contributed by atoms with Crippen LogP contribution in [-0.4, -0.2) is 46.8 Å². The van der Waals surface area contributed by atoms with Gasteiger partial charge in [0, 0.05) is 14.2 Å². The molecule has 0 aliphatic carbocycles. The Morgan fingerprint density at radius 1 is 1.36 bits per heavy atom. The summed E-state index contributed by atoms with van der Waals surface area (Å²) in [6.45, 7) is -0.585. The van der Waals surface area contributed by atoms with Crippen LogP contribution in [0.4, 0.5) is 13.2 Å². The Balaban J connectivity index is 4.16. The van der Waals surface area contributed by atoms with E-state index in [1.807, 2.05) is 0 Å². The minimum atomic E-state index is -4.00. The fraction of sp³-hybridized carbons (Fsp3) is 1.00. The lowest BCUT2D eigenvalue weighted by molar-refractivity contribution is -0.118. The predicted octanol–water partition coefficient (Wildman–Crippen LogP) is 0.717. The van der Waals surface area contributed by atoms with Crippen molar-refractivity contribution in [1.29, 1.82) is 0 Å². The average molecular weight is 234 g/mol. The van der Waals surface area contributed by atoms with Gasteiger partial charge in [-0.2, -0.15) is 0 Å². The van der Waals surface area contributed by atoms with E-state index in [-0.39, 0.29) is 0 Å². The topological polar surface area (TPSA) is 47.9 Å². The summed E-state index contributed by atoms with van der Waals surface area (Å²) in [4.78, 5) is 9.19. The van der Waals surface area contributed by atoms with Crippen molar-refractivity contribution < 1.29 is 31.2 Å². The Morgan fingerprint density at radius 2 is 1.79 bits per heavy atom. The Morgan fingerprint density at radius 3 is 2.07 bits per heavy atom. The van der Waals surface area contributed by atoms with Crippen LogP contribution in [0.3, 0.4) is 0 Å². The van der Waals surface area contributed by atoms with Gasteiger partial charge in [-0.05, 0) is 6.92 Å². The maximum atomic E-state index is 12.6. The molecule has 0 aromatic rings. The standard InChI is InChI=1S/C6H13F3O4Si/c1-5(7)6(8,9)4-13-14(10,11-2)12-3/h5,10H,4H2,1-3H3. The summed E-state index contributed by atoms with van der Waals surface area (Å²) in [5.74, 6) is -3.67. The third kappa shape index (κ3) is 3.92. The summed E-state index contributed by atoms with van der Waals surface area (Å²) in [5, 5.41) is 0. The molecule has 0 saturated heterocycles. The first-order valence-electron chi connectivity index (χ1n) is 3.76. The van der Waals surface area contributed by atoms with Crippen molar-refractivity contribution >= 4 is 9.05 Å². The van der Waals surface area contributed by atoms with Crippen molar-refractivity contribution in [3.63, 3.8) is 0 Å². The Bertz CT molecular complexity index is 170. The lowest BCUT2D eigenvalue weighted by Crippen LogP contribution is -2.48. The van der Waals surface area contributed by atoms with Crippen LogP contribution in [0, 0.1) is 0 Å². The van der Waals surface area contributed by atoms with Crippen LogP contribution in [0.25, 0.3) is 0 Å². The van der Waals surface area contributed by atoms with E-state index in [1.165, 1.54) is 0 Å². The van der Waals surface area contributed by atoms with Gasteiger partial charge in [-0.15, -0.1) is 0 Å². The Labute approximate surface area is 81.1 Å². The van der Waals surface area contributed by atoms with E-state index in [0.717, 1.165) is 14.2 Å². The first-order chi connectivity index (χ1) is 6.27. The fourth-order valence-electron chi connectivity index (χ4n) is 0.503. The molecular formula is C6H13F3O4Si. The summed E-state index contributed by atoms with van der Waals surface area (Å²) < 4.78 is 50.6. The maximum Gasteiger partial charge on any atom is 0.676 e. The first kappa shape index (κ1) is 13.8. The van der Waals surface area contributed by atoms with Crippen LogP contribution in [0.1, 0.15) is 6.92 Å². The van der Waals surface area contributed by atoms with Crippen LogP contribution in [-0.2, 0) is 13.3 Å². The van der Waals surface area contributed by atoms with E-state index in [0.29, 0.717) is 6.92 Å². The Hall–Kier alpha value is -0.153. The van der Waals surface area contributed by atoms with E-state index in [1.54, 1.807) is 0 Å². The molecule has 0 heterocycles. The quantitative estimate of drug-likeness (QED) is 0.688. The number of hydrogen-bond donors (Lipinski definition) is 1.